The fourth-order valence-electron chi connectivity index (χ4n) is 4.97. The van der Waals surface area contributed by atoms with Crippen LogP contribution in [-0.4, -0.2) is 94.7 Å². The van der Waals surface area contributed by atoms with Crippen molar-refractivity contribution in [3.8, 4) is 0 Å². The normalized spacial score (nSPS) is 20.3. The van der Waals surface area contributed by atoms with Gasteiger partial charge in [-0.05, 0) is 43.0 Å². The van der Waals surface area contributed by atoms with Gasteiger partial charge in [0.2, 0.25) is 0 Å². The number of nitrogens with zero attached hydrogens (tertiary/aromatic N) is 6. The lowest BCUT2D eigenvalue weighted by atomic mass is 10.1. The first kappa shape index (κ1) is 22.1. The molecule has 3 heterocycles. The highest BCUT2D eigenvalue weighted by atomic mass is 16.2. The van der Waals surface area contributed by atoms with Crippen molar-refractivity contribution in [1.82, 2.24) is 24.5 Å². The molecule has 0 spiro atoms. The third kappa shape index (κ3) is 4.96. The van der Waals surface area contributed by atoms with Crippen molar-refractivity contribution in [3.05, 3.63) is 47.3 Å². The Morgan fingerprint density at radius 1 is 0.970 bits per heavy atom. The number of hydrogen-bond donors (Lipinski definition) is 0. The van der Waals surface area contributed by atoms with E-state index < -0.39 is 0 Å². The molecular formula is C25H34N6O2. The monoisotopic (exact) mass is 450 g/mol. The molecule has 0 radical (unpaired) electrons. The van der Waals surface area contributed by atoms with Crippen molar-refractivity contribution in [1.29, 1.82) is 0 Å². The summed E-state index contributed by atoms with van der Waals surface area (Å²) >= 11 is 0. The Kier molecular flexibility index (Phi) is 6.21. The number of piperazine rings is 2. The first-order valence-electron chi connectivity index (χ1n) is 12.1. The summed E-state index contributed by atoms with van der Waals surface area (Å²) in [5.74, 6) is -0.130. The van der Waals surface area contributed by atoms with Crippen molar-refractivity contribution >= 4 is 17.5 Å². The molecule has 0 unspecified atom stereocenters. The predicted octanol–water partition coefficient (Wildman–Crippen LogP) is 2.46. The molecule has 5 rings (SSSR count). The van der Waals surface area contributed by atoms with E-state index in [1.54, 1.807) is 12.3 Å². The molecule has 33 heavy (non-hydrogen) atoms. The maximum absolute atomic E-state index is 12.8. The number of rotatable bonds is 5. The molecule has 0 bridgehead atoms. The number of benzene rings is 1. The van der Waals surface area contributed by atoms with E-state index in [9.17, 15) is 9.59 Å². The van der Waals surface area contributed by atoms with Crippen LogP contribution >= 0.6 is 0 Å². The minimum atomic E-state index is -0.160. The predicted molar refractivity (Wildman–Crippen MR) is 128 cm³/mol. The van der Waals surface area contributed by atoms with Crippen LogP contribution in [0.15, 0.2) is 30.5 Å². The zero-order valence-electron chi connectivity index (χ0n) is 19.7. The Morgan fingerprint density at radius 3 is 2.33 bits per heavy atom. The highest BCUT2D eigenvalue weighted by molar-refractivity contribution is 5.92. The molecule has 8 nitrogen and oxygen atoms in total. The number of hydrogen-bond acceptors (Lipinski definition) is 6. The summed E-state index contributed by atoms with van der Waals surface area (Å²) in [5, 5.41) is 4.12. The van der Waals surface area contributed by atoms with Crippen LogP contribution in [0, 0.1) is 6.92 Å². The smallest absolute Gasteiger partial charge is 0.344 e. The molecule has 8 heteroatoms. The standard InChI is InChI=1S/C25H34N6O2/c1-19-3-4-21(24(17-19)29-15-13-28(14-16-29)22-5-6-22)18-27-9-11-30(12-10-27)25(33)31-8-7-23(26-31)20(2)32/h3-4,7-8,17,22H,5-6,9-16,18H2,1-2H3. The molecule has 1 amide bonds. The van der Waals surface area contributed by atoms with Crippen LogP contribution in [-0.2, 0) is 6.54 Å². The molecule has 1 aliphatic carbocycles. The number of amides is 1. The minimum Gasteiger partial charge on any atom is -0.369 e. The van der Waals surface area contributed by atoms with Crippen LogP contribution in [0.5, 0.6) is 0 Å². The van der Waals surface area contributed by atoms with Crippen LogP contribution in [0.3, 0.4) is 0 Å². The second-order valence-corrected chi connectivity index (χ2v) is 9.63. The quantitative estimate of drug-likeness (QED) is 0.652. The maximum atomic E-state index is 12.8. The molecule has 1 aromatic carbocycles. The van der Waals surface area contributed by atoms with Gasteiger partial charge >= 0.3 is 6.03 Å². The van der Waals surface area contributed by atoms with Gasteiger partial charge in [0.1, 0.15) is 5.69 Å². The molecule has 3 fully saturated rings. The average Bonchev–Trinajstić information content (AvgIpc) is 3.56. The molecule has 0 atom stereocenters. The summed E-state index contributed by atoms with van der Waals surface area (Å²) in [6, 6.07) is 9.11. The van der Waals surface area contributed by atoms with Crippen LogP contribution < -0.4 is 4.90 Å². The van der Waals surface area contributed by atoms with Crippen LogP contribution in [0.25, 0.3) is 0 Å². The van der Waals surface area contributed by atoms with E-state index in [-0.39, 0.29) is 11.8 Å². The second-order valence-electron chi connectivity index (χ2n) is 9.63. The van der Waals surface area contributed by atoms with Crippen molar-refractivity contribution < 1.29 is 9.59 Å². The van der Waals surface area contributed by atoms with E-state index >= 15 is 0 Å². The Morgan fingerprint density at radius 2 is 1.70 bits per heavy atom. The van der Waals surface area contributed by atoms with E-state index in [1.165, 1.54) is 41.3 Å². The number of aryl methyl sites for hydroxylation is 1. The number of carbonyl (C=O) groups excluding carboxylic acids is 2. The van der Waals surface area contributed by atoms with E-state index in [0.29, 0.717) is 18.8 Å². The van der Waals surface area contributed by atoms with Gasteiger partial charge in [0.25, 0.3) is 0 Å². The fraction of sp³-hybridized carbons (Fsp3) is 0.560. The summed E-state index contributed by atoms with van der Waals surface area (Å²) in [6.45, 7) is 12.0. The molecular weight excluding hydrogens is 416 g/mol. The maximum Gasteiger partial charge on any atom is 0.344 e. The van der Waals surface area contributed by atoms with E-state index in [4.69, 9.17) is 0 Å². The van der Waals surface area contributed by atoms with Crippen LogP contribution in [0.2, 0.25) is 0 Å². The summed E-state index contributed by atoms with van der Waals surface area (Å²) in [5.41, 5.74) is 4.38. The molecule has 2 aliphatic heterocycles. The third-order valence-corrected chi connectivity index (χ3v) is 7.14. The van der Waals surface area contributed by atoms with Crippen LogP contribution in [0.4, 0.5) is 10.5 Å². The molecule has 3 aliphatic rings. The van der Waals surface area contributed by atoms with Crippen molar-refractivity contribution in [2.75, 3.05) is 57.3 Å². The first-order chi connectivity index (χ1) is 16.0. The summed E-state index contributed by atoms with van der Waals surface area (Å²) in [6.07, 6.45) is 4.33. The van der Waals surface area contributed by atoms with Gasteiger partial charge in [0.15, 0.2) is 5.78 Å². The van der Waals surface area contributed by atoms with Gasteiger partial charge in [0.05, 0.1) is 0 Å². The lowest BCUT2D eigenvalue weighted by Crippen LogP contribution is -2.50. The van der Waals surface area contributed by atoms with Gasteiger partial charge < -0.3 is 9.80 Å². The fourth-order valence-corrected chi connectivity index (χ4v) is 4.97. The van der Waals surface area contributed by atoms with E-state index in [1.807, 2.05) is 4.90 Å². The van der Waals surface area contributed by atoms with Gasteiger partial charge in [0, 0.05) is 83.8 Å². The Labute approximate surface area is 195 Å². The Hall–Kier alpha value is -2.71. The number of ketones is 1. The highest BCUT2D eigenvalue weighted by Crippen LogP contribution is 2.30. The number of anilines is 1. The molecule has 2 aromatic rings. The van der Waals surface area contributed by atoms with Gasteiger partial charge in [-0.25, -0.2) is 4.79 Å². The SMILES string of the molecule is CC(=O)c1ccn(C(=O)N2CCN(Cc3ccc(C)cc3N3CCN(C4CC4)CC3)CC2)n1. The van der Waals surface area contributed by atoms with Crippen LogP contribution in [0.1, 0.15) is 41.4 Å². The average molecular weight is 451 g/mol. The summed E-state index contributed by atoms with van der Waals surface area (Å²) < 4.78 is 1.28. The second kappa shape index (κ2) is 9.27. The Balaban J connectivity index is 1.19. The number of aromatic nitrogens is 2. The van der Waals surface area contributed by atoms with E-state index in [2.05, 4.69) is 44.9 Å². The lowest BCUT2D eigenvalue weighted by Gasteiger charge is -2.38. The first-order valence-corrected chi connectivity index (χ1v) is 12.1. The molecule has 0 N–H and O–H groups in total. The Bertz CT molecular complexity index is 1010. The highest BCUT2D eigenvalue weighted by Gasteiger charge is 2.32. The van der Waals surface area contributed by atoms with Gasteiger partial charge in [-0.2, -0.15) is 9.78 Å². The zero-order valence-corrected chi connectivity index (χ0v) is 19.7. The molecule has 1 aromatic heterocycles. The van der Waals surface area contributed by atoms with Gasteiger partial charge in [-0.15, -0.1) is 0 Å². The molecule has 176 valence electrons. The molecule has 2 saturated heterocycles. The summed E-state index contributed by atoms with van der Waals surface area (Å²) in [4.78, 5) is 33.7. The number of carbonyl (C=O) groups is 2. The van der Waals surface area contributed by atoms with E-state index in [0.717, 1.165) is 51.9 Å². The number of Topliss-reactive ketones (excluding diaryl/α,β-unsaturated/α-hetero) is 1. The molecule has 1 saturated carbocycles. The van der Waals surface area contributed by atoms with Crippen molar-refractivity contribution in [2.45, 2.75) is 39.3 Å². The topological polar surface area (TPSA) is 64.9 Å². The third-order valence-electron chi connectivity index (χ3n) is 7.14. The van der Waals surface area contributed by atoms with Gasteiger partial charge in [-0.3, -0.25) is 14.6 Å². The van der Waals surface area contributed by atoms with Gasteiger partial charge in [-0.1, -0.05) is 12.1 Å². The largest absolute Gasteiger partial charge is 0.369 e. The summed E-state index contributed by atoms with van der Waals surface area (Å²) in [7, 11) is 0. The van der Waals surface area contributed by atoms with Crippen molar-refractivity contribution in [3.63, 3.8) is 0 Å². The van der Waals surface area contributed by atoms with Crippen molar-refractivity contribution in [2.24, 2.45) is 0 Å². The zero-order chi connectivity index (χ0) is 22.9. The lowest BCUT2D eigenvalue weighted by molar-refractivity contribution is 0.101. The minimum absolute atomic E-state index is 0.130.